The lowest BCUT2D eigenvalue weighted by atomic mass is 10.0. The number of terminal acetylenes is 1. The molecule has 3 unspecified atom stereocenters. The average molecular weight is 290 g/mol. The van der Waals surface area contributed by atoms with Gasteiger partial charge in [-0.3, -0.25) is 4.79 Å². The number of rotatable bonds is 2. The van der Waals surface area contributed by atoms with E-state index in [9.17, 15) is 4.79 Å². The first-order valence-electron chi connectivity index (χ1n) is 7.78. The fourth-order valence-electron chi connectivity index (χ4n) is 3.82. The number of benzene rings is 2. The lowest BCUT2D eigenvalue weighted by Crippen LogP contribution is -2.47. The highest BCUT2D eigenvalue weighted by molar-refractivity contribution is 5.99. The van der Waals surface area contributed by atoms with E-state index in [4.69, 9.17) is 6.42 Å². The van der Waals surface area contributed by atoms with Crippen molar-refractivity contribution in [1.82, 2.24) is 10.6 Å². The van der Waals surface area contributed by atoms with Gasteiger partial charge in [-0.1, -0.05) is 24.1 Å². The van der Waals surface area contributed by atoms with Gasteiger partial charge < -0.3 is 10.6 Å². The van der Waals surface area contributed by atoms with Crippen molar-refractivity contribution < 1.29 is 4.79 Å². The molecule has 2 bridgehead atoms. The van der Waals surface area contributed by atoms with Crippen molar-refractivity contribution in [1.29, 1.82) is 0 Å². The van der Waals surface area contributed by atoms with Crippen molar-refractivity contribution >= 4 is 16.7 Å². The smallest absolute Gasteiger partial charge is 0.251 e. The van der Waals surface area contributed by atoms with Crippen molar-refractivity contribution in [2.24, 2.45) is 5.92 Å². The zero-order valence-corrected chi connectivity index (χ0v) is 12.3. The Morgan fingerprint density at radius 1 is 1.27 bits per heavy atom. The van der Waals surface area contributed by atoms with Crippen LogP contribution in [0, 0.1) is 18.3 Å². The number of hydrogen-bond acceptors (Lipinski definition) is 2. The molecule has 2 N–H and O–H groups in total. The minimum atomic E-state index is 0.00682. The predicted molar refractivity (Wildman–Crippen MR) is 87.7 cm³/mol. The average Bonchev–Trinajstić information content (AvgIpc) is 3.16. The van der Waals surface area contributed by atoms with Gasteiger partial charge in [0.05, 0.1) is 0 Å². The van der Waals surface area contributed by atoms with E-state index in [1.54, 1.807) is 0 Å². The van der Waals surface area contributed by atoms with E-state index in [2.05, 4.69) is 16.6 Å². The van der Waals surface area contributed by atoms with Crippen LogP contribution in [0.3, 0.4) is 0 Å². The molecular weight excluding hydrogens is 272 g/mol. The van der Waals surface area contributed by atoms with Crippen molar-refractivity contribution in [3.63, 3.8) is 0 Å². The summed E-state index contributed by atoms with van der Waals surface area (Å²) in [6.45, 7) is 1.10. The summed E-state index contributed by atoms with van der Waals surface area (Å²) in [5, 5.41) is 8.67. The third-order valence-corrected chi connectivity index (χ3v) is 4.94. The van der Waals surface area contributed by atoms with Crippen LogP contribution in [0.15, 0.2) is 36.4 Å². The molecule has 1 heterocycles. The minimum Gasteiger partial charge on any atom is -0.348 e. The van der Waals surface area contributed by atoms with Crippen LogP contribution >= 0.6 is 0 Å². The second-order valence-electron chi connectivity index (χ2n) is 6.32. The van der Waals surface area contributed by atoms with E-state index in [0.29, 0.717) is 11.6 Å². The standard InChI is InChI=1S/C19H18N2O/c1-2-13-4-3-5-14-10-15(6-7-16(13)14)19(22)21-18-9-12-8-17(18)20-11-12/h1,3-7,10,12,17-18,20H,8-9,11H2,(H,21,22). The molecule has 22 heavy (non-hydrogen) atoms. The molecule has 0 aromatic heterocycles. The van der Waals surface area contributed by atoms with E-state index in [1.165, 1.54) is 6.42 Å². The molecule has 2 aliphatic rings. The first-order chi connectivity index (χ1) is 10.7. The Balaban J connectivity index is 1.58. The molecule has 3 heteroatoms. The highest BCUT2D eigenvalue weighted by Gasteiger charge is 2.39. The number of carbonyl (C=O) groups is 1. The molecule has 2 aromatic rings. The van der Waals surface area contributed by atoms with Gasteiger partial charge >= 0.3 is 0 Å². The molecule has 1 aliphatic heterocycles. The fraction of sp³-hybridized carbons (Fsp3) is 0.316. The van der Waals surface area contributed by atoms with Crippen LogP contribution in [0.5, 0.6) is 0 Å². The van der Waals surface area contributed by atoms with E-state index in [1.807, 2.05) is 36.4 Å². The third kappa shape index (κ3) is 2.17. The summed E-state index contributed by atoms with van der Waals surface area (Å²) < 4.78 is 0. The molecule has 4 rings (SSSR count). The fourth-order valence-corrected chi connectivity index (χ4v) is 3.82. The second-order valence-corrected chi connectivity index (χ2v) is 6.32. The zero-order chi connectivity index (χ0) is 15.1. The molecule has 2 aromatic carbocycles. The van der Waals surface area contributed by atoms with E-state index >= 15 is 0 Å². The first-order valence-corrected chi connectivity index (χ1v) is 7.78. The van der Waals surface area contributed by atoms with Crippen LogP contribution < -0.4 is 10.6 Å². The van der Waals surface area contributed by atoms with Gasteiger partial charge in [-0.2, -0.15) is 0 Å². The van der Waals surface area contributed by atoms with Crippen LogP contribution in [0.2, 0.25) is 0 Å². The lowest BCUT2D eigenvalue weighted by molar-refractivity contribution is 0.0928. The van der Waals surface area contributed by atoms with E-state index in [0.717, 1.165) is 35.2 Å². The number of fused-ring (bicyclic) bond motifs is 3. The van der Waals surface area contributed by atoms with Crippen LogP contribution in [-0.2, 0) is 0 Å². The molecule has 1 aliphatic carbocycles. The highest BCUT2D eigenvalue weighted by atomic mass is 16.1. The Hall–Kier alpha value is -2.31. The van der Waals surface area contributed by atoms with Crippen molar-refractivity contribution in [2.45, 2.75) is 24.9 Å². The zero-order valence-electron chi connectivity index (χ0n) is 12.3. The highest BCUT2D eigenvalue weighted by Crippen LogP contribution is 2.31. The molecule has 2 fully saturated rings. The molecule has 0 spiro atoms. The summed E-state index contributed by atoms with van der Waals surface area (Å²) >= 11 is 0. The molecule has 0 radical (unpaired) electrons. The predicted octanol–water partition coefficient (Wildman–Crippen LogP) is 2.30. The van der Waals surface area contributed by atoms with Crippen molar-refractivity contribution in [3.05, 3.63) is 47.5 Å². The Morgan fingerprint density at radius 3 is 2.91 bits per heavy atom. The van der Waals surface area contributed by atoms with Crippen LogP contribution in [0.4, 0.5) is 0 Å². The Kier molecular flexibility index (Phi) is 3.13. The second kappa shape index (κ2) is 5.15. The maximum absolute atomic E-state index is 12.5. The topological polar surface area (TPSA) is 41.1 Å². The Bertz CT molecular complexity index is 790. The third-order valence-electron chi connectivity index (χ3n) is 4.94. The van der Waals surface area contributed by atoms with Gasteiger partial charge in [0.25, 0.3) is 5.91 Å². The quantitative estimate of drug-likeness (QED) is 0.833. The monoisotopic (exact) mass is 290 g/mol. The summed E-state index contributed by atoms with van der Waals surface area (Å²) in [5.74, 6) is 3.42. The van der Waals surface area contributed by atoms with Gasteiger partial charge in [0, 0.05) is 23.2 Å². The number of carbonyl (C=O) groups excluding carboxylic acids is 1. The minimum absolute atomic E-state index is 0.00682. The number of nitrogens with one attached hydrogen (secondary N) is 2. The molecular formula is C19H18N2O. The molecule has 3 nitrogen and oxygen atoms in total. The number of amides is 1. The lowest BCUT2D eigenvalue weighted by Gasteiger charge is -2.24. The largest absolute Gasteiger partial charge is 0.348 e. The van der Waals surface area contributed by atoms with E-state index < -0.39 is 0 Å². The normalized spacial score (nSPS) is 26.0. The summed E-state index contributed by atoms with van der Waals surface area (Å²) in [6, 6.07) is 12.3. The summed E-state index contributed by atoms with van der Waals surface area (Å²) in [6.07, 6.45) is 7.81. The summed E-state index contributed by atoms with van der Waals surface area (Å²) in [7, 11) is 0. The summed E-state index contributed by atoms with van der Waals surface area (Å²) in [5.41, 5.74) is 1.56. The van der Waals surface area contributed by atoms with Crippen LogP contribution in [0.1, 0.15) is 28.8 Å². The molecule has 1 saturated heterocycles. The molecule has 3 atom stereocenters. The Morgan fingerprint density at radius 2 is 2.18 bits per heavy atom. The van der Waals surface area contributed by atoms with E-state index in [-0.39, 0.29) is 11.9 Å². The van der Waals surface area contributed by atoms with Gasteiger partial charge in [-0.15, -0.1) is 6.42 Å². The maximum atomic E-state index is 12.5. The number of piperidine rings is 1. The SMILES string of the molecule is C#Cc1cccc2cc(C(=O)NC3CC4CNC3C4)ccc12. The van der Waals surface area contributed by atoms with Gasteiger partial charge in [0.1, 0.15) is 0 Å². The van der Waals surface area contributed by atoms with Crippen molar-refractivity contribution in [3.8, 4) is 12.3 Å². The van der Waals surface area contributed by atoms with Crippen LogP contribution in [0.25, 0.3) is 10.8 Å². The van der Waals surface area contributed by atoms with Gasteiger partial charge in [0.15, 0.2) is 0 Å². The maximum Gasteiger partial charge on any atom is 0.251 e. The van der Waals surface area contributed by atoms with Crippen LogP contribution in [-0.4, -0.2) is 24.5 Å². The Labute approximate surface area is 130 Å². The number of hydrogen-bond donors (Lipinski definition) is 2. The summed E-state index contributed by atoms with van der Waals surface area (Å²) in [4.78, 5) is 12.5. The molecule has 1 amide bonds. The molecule has 1 saturated carbocycles. The molecule has 110 valence electrons. The first kappa shape index (κ1) is 13.4. The van der Waals surface area contributed by atoms with Gasteiger partial charge in [0.2, 0.25) is 0 Å². The van der Waals surface area contributed by atoms with Gasteiger partial charge in [-0.25, -0.2) is 0 Å². The van der Waals surface area contributed by atoms with Crippen molar-refractivity contribution in [2.75, 3.05) is 6.54 Å². The van der Waals surface area contributed by atoms with Gasteiger partial charge in [-0.05, 0) is 54.3 Å².